The van der Waals surface area contributed by atoms with E-state index >= 15 is 0 Å². The molecule has 1 aliphatic rings. The summed E-state index contributed by atoms with van der Waals surface area (Å²) in [7, 11) is 0. The molecule has 3 rings (SSSR count). The van der Waals surface area contributed by atoms with Gasteiger partial charge in [-0.2, -0.15) is 14.0 Å². The summed E-state index contributed by atoms with van der Waals surface area (Å²) in [5.41, 5.74) is 0.401. The largest absolute Gasteiger partial charge is 0.433 e. The Bertz CT molecular complexity index is 1020. The van der Waals surface area contributed by atoms with Crippen molar-refractivity contribution in [2.24, 2.45) is 0 Å². The molecule has 0 radical (unpaired) electrons. The quantitative estimate of drug-likeness (QED) is 0.445. The van der Waals surface area contributed by atoms with Crippen molar-refractivity contribution in [3.63, 3.8) is 0 Å². The van der Waals surface area contributed by atoms with Crippen LogP contribution in [0.25, 0.3) is 0 Å². The molecule has 2 aromatic heterocycles. The first-order valence-electron chi connectivity index (χ1n) is 11.8. The molecule has 1 aliphatic carbocycles. The normalized spacial score (nSPS) is 15.1. The predicted molar refractivity (Wildman–Crippen MR) is 126 cm³/mol. The molecular formula is C25H31F2N5O3. The summed E-state index contributed by atoms with van der Waals surface area (Å²) in [6.45, 7) is 4.56. The van der Waals surface area contributed by atoms with Crippen LogP contribution in [0.2, 0.25) is 0 Å². The van der Waals surface area contributed by atoms with Gasteiger partial charge in [-0.3, -0.25) is 9.78 Å². The number of alkyl halides is 2. The molecule has 1 saturated carbocycles. The van der Waals surface area contributed by atoms with Gasteiger partial charge in [0.1, 0.15) is 24.2 Å². The van der Waals surface area contributed by atoms with Crippen LogP contribution in [0.3, 0.4) is 0 Å². The number of likely N-dealkylation sites (N-methyl/N-ethyl adjacent to an activating group) is 2. The third-order valence-electron chi connectivity index (χ3n) is 6.36. The van der Waals surface area contributed by atoms with Crippen LogP contribution >= 0.6 is 0 Å². The third-order valence-corrected chi connectivity index (χ3v) is 6.36. The van der Waals surface area contributed by atoms with E-state index in [2.05, 4.69) is 25.7 Å². The zero-order valence-electron chi connectivity index (χ0n) is 20.3. The van der Waals surface area contributed by atoms with Crippen molar-refractivity contribution in [2.45, 2.75) is 58.3 Å². The molecule has 188 valence electrons. The molecule has 1 amide bonds. The first kappa shape index (κ1) is 26.3. The van der Waals surface area contributed by atoms with E-state index in [-0.39, 0.29) is 24.3 Å². The van der Waals surface area contributed by atoms with Gasteiger partial charge in [0.25, 0.3) is 0 Å². The van der Waals surface area contributed by atoms with E-state index in [4.69, 9.17) is 10.00 Å². The van der Waals surface area contributed by atoms with Crippen LogP contribution in [0, 0.1) is 11.3 Å². The van der Waals surface area contributed by atoms with Crippen molar-refractivity contribution in [1.82, 2.24) is 14.9 Å². The van der Waals surface area contributed by atoms with Gasteiger partial charge in [-0.15, -0.1) is 0 Å². The van der Waals surface area contributed by atoms with Crippen LogP contribution in [0.4, 0.5) is 14.6 Å². The SMILES string of the molecule is CCN(CC(C)N(CC)c1ccc(C#N)cn1)C(=O)COC1(c2cncc(OC(F)F)c2)CCC1. The number of ether oxygens (including phenoxy) is 2. The van der Waals surface area contributed by atoms with E-state index in [0.29, 0.717) is 43.6 Å². The minimum atomic E-state index is -2.94. The fourth-order valence-corrected chi connectivity index (χ4v) is 4.29. The zero-order chi connectivity index (χ0) is 25.4. The second-order valence-corrected chi connectivity index (χ2v) is 8.51. The van der Waals surface area contributed by atoms with Gasteiger partial charge in [0.15, 0.2) is 0 Å². The van der Waals surface area contributed by atoms with E-state index in [9.17, 15) is 13.6 Å². The Hall–Kier alpha value is -3.32. The summed E-state index contributed by atoms with van der Waals surface area (Å²) in [6, 6.07) is 7.08. The summed E-state index contributed by atoms with van der Waals surface area (Å²) in [5.74, 6) is 0.562. The number of amides is 1. The minimum Gasteiger partial charge on any atom is -0.433 e. The van der Waals surface area contributed by atoms with Gasteiger partial charge in [-0.1, -0.05) is 0 Å². The number of halogens is 2. The molecule has 0 N–H and O–H groups in total. The number of nitriles is 1. The summed E-state index contributed by atoms with van der Waals surface area (Å²) >= 11 is 0. The number of carbonyl (C=O) groups is 1. The lowest BCUT2D eigenvalue weighted by atomic mass is 9.75. The standard InChI is InChI=1S/C25H31F2N5O3/c1-4-31(16-18(3)32(5-2)22-8-7-19(12-28)13-30-22)23(33)17-34-25(9-6-10-25)20-11-21(15-29-14-20)35-24(26)27/h7-8,11,13-15,18,24H,4-6,9-10,16-17H2,1-3H3. The molecule has 8 nitrogen and oxygen atoms in total. The maximum Gasteiger partial charge on any atom is 0.387 e. The molecule has 10 heteroatoms. The van der Waals surface area contributed by atoms with Crippen molar-refractivity contribution in [1.29, 1.82) is 5.26 Å². The van der Waals surface area contributed by atoms with E-state index in [0.717, 1.165) is 12.2 Å². The van der Waals surface area contributed by atoms with Crippen LogP contribution in [-0.2, 0) is 15.1 Å². The van der Waals surface area contributed by atoms with Gasteiger partial charge in [0, 0.05) is 43.6 Å². The van der Waals surface area contributed by atoms with Gasteiger partial charge < -0.3 is 19.3 Å². The van der Waals surface area contributed by atoms with Gasteiger partial charge in [-0.25, -0.2) is 4.98 Å². The Morgan fingerprint density at radius 3 is 2.54 bits per heavy atom. The number of rotatable bonds is 12. The second-order valence-electron chi connectivity index (χ2n) is 8.51. The number of carbonyl (C=O) groups excluding carboxylic acids is 1. The van der Waals surface area contributed by atoms with Crippen molar-refractivity contribution in [3.05, 3.63) is 47.9 Å². The van der Waals surface area contributed by atoms with Crippen molar-refractivity contribution in [3.8, 4) is 11.8 Å². The number of aromatic nitrogens is 2. The molecule has 0 aromatic carbocycles. The molecule has 2 aromatic rings. The molecular weight excluding hydrogens is 456 g/mol. The van der Waals surface area contributed by atoms with Gasteiger partial charge in [-0.05, 0) is 58.2 Å². The number of anilines is 1. The van der Waals surface area contributed by atoms with Gasteiger partial charge in [0.2, 0.25) is 5.91 Å². The topological polar surface area (TPSA) is 91.6 Å². The van der Waals surface area contributed by atoms with E-state index in [1.807, 2.05) is 20.8 Å². The summed E-state index contributed by atoms with van der Waals surface area (Å²) in [4.78, 5) is 25.3. The Morgan fingerprint density at radius 1 is 1.23 bits per heavy atom. The van der Waals surface area contributed by atoms with Crippen molar-refractivity contribution in [2.75, 3.05) is 31.1 Å². The molecule has 1 unspecified atom stereocenters. The minimum absolute atomic E-state index is 0.0191. The summed E-state index contributed by atoms with van der Waals surface area (Å²) in [5, 5.41) is 9.00. The van der Waals surface area contributed by atoms with E-state index in [1.165, 1.54) is 18.5 Å². The maximum atomic E-state index is 13.1. The van der Waals surface area contributed by atoms with Crippen LogP contribution in [0.1, 0.15) is 51.2 Å². The molecule has 1 fully saturated rings. The fourth-order valence-electron chi connectivity index (χ4n) is 4.29. The lowest BCUT2D eigenvalue weighted by Crippen LogP contribution is -2.47. The van der Waals surface area contributed by atoms with Crippen molar-refractivity contribution < 1.29 is 23.0 Å². The lowest BCUT2D eigenvalue weighted by Gasteiger charge is -2.42. The average molecular weight is 488 g/mol. The lowest BCUT2D eigenvalue weighted by molar-refractivity contribution is -0.153. The summed E-state index contributed by atoms with van der Waals surface area (Å²) < 4.78 is 35.8. The molecule has 0 bridgehead atoms. The van der Waals surface area contributed by atoms with Crippen LogP contribution in [0.5, 0.6) is 5.75 Å². The van der Waals surface area contributed by atoms with Gasteiger partial charge >= 0.3 is 6.61 Å². The van der Waals surface area contributed by atoms with Gasteiger partial charge in [0.05, 0.1) is 17.4 Å². The molecule has 0 spiro atoms. The molecule has 0 saturated heterocycles. The molecule has 0 aliphatic heterocycles. The smallest absolute Gasteiger partial charge is 0.387 e. The predicted octanol–water partition coefficient (Wildman–Crippen LogP) is 4.11. The van der Waals surface area contributed by atoms with Crippen LogP contribution in [-0.4, -0.2) is 59.7 Å². The average Bonchev–Trinajstić information content (AvgIpc) is 2.82. The molecule has 35 heavy (non-hydrogen) atoms. The highest BCUT2D eigenvalue weighted by Gasteiger charge is 2.41. The monoisotopic (exact) mass is 487 g/mol. The summed E-state index contributed by atoms with van der Waals surface area (Å²) in [6.07, 6.45) is 6.61. The Kier molecular flexibility index (Phi) is 8.93. The first-order valence-corrected chi connectivity index (χ1v) is 11.8. The maximum absolute atomic E-state index is 13.1. The van der Waals surface area contributed by atoms with E-state index in [1.54, 1.807) is 23.2 Å². The first-order chi connectivity index (χ1) is 16.8. The molecule has 2 heterocycles. The van der Waals surface area contributed by atoms with Crippen LogP contribution < -0.4 is 9.64 Å². The highest BCUT2D eigenvalue weighted by molar-refractivity contribution is 5.77. The second kappa shape index (κ2) is 11.9. The highest BCUT2D eigenvalue weighted by atomic mass is 19.3. The van der Waals surface area contributed by atoms with E-state index < -0.39 is 12.2 Å². The number of pyridine rings is 2. The molecule has 1 atom stereocenters. The Labute approximate surface area is 204 Å². The Balaban J connectivity index is 1.63. The number of hydrogen-bond acceptors (Lipinski definition) is 7. The van der Waals surface area contributed by atoms with Crippen molar-refractivity contribution >= 4 is 11.7 Å². The fraction of sp³-hybridized carbons (Fsp3) is 0.520. The third kappa shape index (κ3) is 6.42. The highest BCUT2D eigenvalue weighted by Crippen LogP contribution is 2.45. The van der Waals surface area contributed by atoms with Crippen LogP contribution in [0.15, 0.2) is 36.8 Å². The zero-order valence-corrected chi connectivity index (χ0v) is 20.3. The number of nitrogens with zero attached hydrogens (tertiary/aromatic N) is 5. The number of hydrogen-bond donors (Lipinski definition) is 0. The Morgan fingerprint density at radius 2 is 2.00 bits per heavy atom.